The number of hydrogen-bond donors (Lipinski definition) is 1. The van der Waals surface area contributed by atoms with Gasteiger partial charge in [-0.1, -0.05) is 12.1 Å². The third-order valence-corrected chi connectivity index (χ3v) is 4.57. The van der Waals surface area contributed by atoms with Gasteiger partial charge < -0.3 is 9.64 Å². The number of hydrogen-bond acceptors (Lipinski definition) is 4. The van der Waals surface area contributed by atoms with Crippen LogP contribution in [0.25, 0.3) is 10.8 Å². The molecule has 2 heterocycles. The molecule has 1 aromatic carbocycles. The lowest BCUT2D eigenvalue weighted by Gasteiger charge is -2.32. The number of amides is 1. The van der Waals surface area contributed by atoms with Gasteiger partial charge >= 0.3 is 0 Å². The smallest absolute Gasteiger partial charge is 0.273 e. The number of carbonyl (C=O) groups is 1. The zero-order valence-electron chi connectivity index (χ0n) is 14.4. The summed E-state index contributed by atoms with van der Waals surface area (Å²) in [5, 5.41) is 3.29. The van der Waals surface area contributed by atoms with Crippen molar-refractivity contribution >= 4 is 16.7 Å². The SMILES string of the molecule is CCO[C@@H]1CCCN(C(=O)CCn2[nH]c(=O)c3ccccc3c2=O)C1. The highest BCUT2D eigenvalue weighted by molar-refractivity contribution is 5.80. The molecule has 1 saturated heterocycles. The number of piperidine rings is 1. The fourth-order valence-electron chi connectivity index (χ4n) is 3.31. The summed E-state index contributed by atoms with van der Waals surface area (Å²) in [5.41, 5.74) is -0.606. The molecule has 25 heavy (non-hydrogen) atoms. The first-order chi connectivity index (χ1) is 12.1. The Balaban J connectivity index is 1.70. The summed E-state index contributed by atoms with van der Waals surface area (Å²) < 4.78 is 6.84. The third kappa shape index (κ3) is 3.82. The minimum absolute atomic E-state index is 0.0229. The van der Waals surface area contributed by atoms with Gasteiger partial charge in [-0.2, -0.15) is 0 Å². The Morgan fingerprint density at radius 1 is 1.28 bits per heavy atom. The van der Waals surface area contributed by atoms with Gasteiger partial charge in [-0.25, -0.2) is 4.68 Å². The molecule has 7 heteroatoms. The van der Waals surface area contributed by atoms with Crippen LogP contribution in [0.5, 0.6) is 0 Å². The normalized spacial score (nSPS) is 17.8. The highest BCUT2D eigenvalue weighted by atomic mass is 16.5. The number of nitrogens with one attached hydrogen (secondary N) is 1. The second-order valence-electron chi connectivity index (χ2n) is 6.25. The fourth-order valence-corrected chi connectivity index (χ4v) is 3.31. The molecule has 0 spiro atoms. The fraction of sp³-hybridized carbons (Fsp3) is 0.500. The molecule has 0 bridgehead atoms. The molecule has 1 aliphatic rings. The van der Waals surface area contributed by atoms with Crippen molar-refractivity contribution in [3.63, 3.8) is 0 Å². The van der Waals surface area contributed by atoms with E-state index >= 15 is 0 Å². The van der Waals surface area contributed by atoms with E-state index in [2.05, 4.69) is 5.10 Å². The molecule has 134 valence electrons. The summed E-state index contributed by atoms with van der Waals surface area (Å²) in [6.07, 6.45) is 2.15. The van der Waals surface area contributed by atoms with Gasteiger partial charge in [-0.3, -0.25) is 19.5 Å². The predicted octanol–water partition coefficient (Wildman–Crippen LogP) is 1.11. The molecule has 0 aliphatic carbocycles. The van der Waals surface area contributed by atoms with Crippen LogP contribution in [0, 0.1) is 0 Å². The molecule has 1 N–H and O–H groups in total. The van der Waals surface area contributed by atoms with E-state index in [9.17, 15) is 14.4 Å². The summed E-state index contributed by atoms with van der Waals surface area (Å²) in [7, 11) is 0. The first-order valence-electron chi connectivity index (χ1n) is 8.71. The van der Waals surface area contributed by atoms with Crippen LogP contribution in [0.1, 0.15) is 26.2 Å². The van der Waals surface area contributed by atoms with Gasteiger partial charge in [-0.05, 0) is 31.9 Å². The summed E-state index contributed by atoms with van der Waals surface area (Å²) in [4.78, 5) is 38.8. The van der Waals surface area contributed by atoms with Crippen LogP contribution in [-0.2, 0) is 16.1 Å². The highest BCUT2D eigenvalue weighted by Gasteiger charge is 2.23. The number of rotatable bonds is 5. The maximum Gasteiger partial charge on any atom is 0.273 e. The Labute approximate surface area is 145 Å². The van der Waals surface area contributed by atoms with Crippen molar-refractivity contribution in [3.8, 4) is 0 Å². The van der Waals surface area contributed by atoms with Crippen LogP contribution in [0.15, 0.2) is 33.9 Å². The van der Waals surface area contributed by atoms with Crippen LogP contribution in [0.2, 0.25) is 0 Å². The van der Waals surface area contributed by atoms with E-state index in [0.29, 0.717) is 30.5 Å². The van der Waals surface area contributed by atoms with E-state index in [0.717, 1.165) is 12.8 Å². The standard InChI is InChI=1S/C18H23N3O4/c1-2-25-13-6-5-10-20(12-13)16(22)9-11-21-18(24)15-8-4-3-7-14(15)17(23)19-21/h3-4,7-8,13H,2,5-6,9-12H2,1H3,(H,19,23)/t13-/m1/s1. The lowest BCUT2D eigenvalue weighted by Crippen LogP contribution is -2.43. The topological polar surface area (TPSA) is 84.4 Å². The molecule has 0 unspecified atom stereocenters. The number of ether oxygens (including phenoxy) is 1. The summed E-state index contributed by atoms with van der Waals surface area (Å²) in [5.74, 6) is -0.0229. The van der Waals surface area contributed by atoms with E-state index in [1.54, 1.807) is 29.2 Å². The van der Waals surface area contributed by atoms with Gasteiger partial charge in [0.1, 0.15) is 0 Å². The van der Waals surface area contributed by atoms with Crippen molar-refractivity contribution in [1.82, 2.24) is 14.7 Å². The molecule has 1 atom stereocenters. The average Bonchev–Trinajstić information content (AvgIpc) is 2.64. The minimum atomic E-state index is -0.322. The van der Waals surface area contributed by atoms with Gasteiger partial charge in [0.2, 0.25) is 5.91 Å². The first-order valence-corrected chi connectivity index (χ1v) is 8.71. The van der Waals surface area contributed by atoms with Crippen molar-refractivity contribution in [2.24, 2.45) is 0 Å². The first kappa shape index (κ1) is 17.4. The Morgan fingerprint density at radius 3 is 2.80 bits per heavy atom. The molecule has 1 amide bonds. The van der Waals surface area contributed by atoms with Crippen molar-refractivity contribution in [3.05, 3.63) is 45.0 Å². The van der Waals surface area contributed by atoms with Crippen LogP contribution in [0.4, 0.5) is 0 Å². The Hall–Kier alpha value is -2.41. The van der Waals surface area contributed by atoms with Crippen LogP contribution in [-0.4, -0.2) is 46.4 Å². The van der Waals surface area contributed by atoms with E-state index in [-0.39, 0.29) is 36.1 Å². The van der Waals surface area contributed by atoms with Gasteiger partial charge in [-0.15, -0.1) is 0 Å². The van der Waals surface area contributed by atoms with Crippen LogP contribution in [0.3, 0.4) is 0 Å². The van der Waals surface area contributed by atoms with E-state index in [1.165, 1.54) is 4.68 Å². The zero-order chi connectivity index (χ0) is 17.8. The van der Waals surface area contributed by atoms with Gasteiger partial charge in [0.05, 0.1) is 23.4 Å². The molecule has 2 aromatic rings. The summed E-state index contributed by atoms with van der Waals surface area (Å²) >= 11 is 0. The predicted molar refractivity (Wildman–Crippen MR) is 94.7 cm³/mol. The quantitative estimate of drug-likeness (QED) is 0.880. The molecular weight excluding hydrogens is 322 g/mol. The minimum Gasteiger partial charge on any atom is -0.377 e. The molecule has 1 fully saturated rings. The number of H-pyrrole nitrogens is 1. The van der Waals surface area contributed by atoms with E-state index in [1.807, 2.05) is 6.92 Å². The van der Waals surface area contributed by atoms with Gasteiger partial charge in [0.15, 0.2) is 0 Å². The highest BCUT2D eigenvalue weighted by Crippen LogP contribution is 2.14. The number of nitrogens with zero attached hydrogens (tertiary/aromatic N) is 2. The van der Waals surface area contributed by atoms with Crippen molar-refractivity contribution in [1.29, 1.82) is 0 Å². The lowest BCUT2D eigenvalue weighted by molar-refractivity contribution is -0.135. The number of aromatic amines is 1. The number of carbonyl (C=O) groups excluding carboxylic acids is 1. The molecule has 0 saturated carbocycles. The Kier molecular flexibility index (Phi) is 5.33. The third-order valence-electron chi connectivity index (χ3n) is 4.57. The van der Waals surface area contributed by atoms with E-state index < -0.39 is 0 Å². The Bertz CT molecular complexity index is 868. The van der Waals surface area contributed by atoms with E-state index in [4.69, 9.17) is 4.74 Å². The molecule has 7 nitrogen and oxygen atoms in total. The average molecular weight is 345 g/mol. The maximum absolute atomic E-state index is 12.5. The van der Waals surface area contributed by atoms with Crippen molar-refractivity contribution in [2.75, 3.05) is 19.7 Å². The lowest BCUT2D eigenvalue weighted by atomic mass is 10.1. The molecule has 1 aromatic heterocycles. The number of aromatic nitrogens is 2. The summed E-state index contributed by atoms with van der Waals surface area (Å²) in [6.45, 7) is 4.05. The summed E-state index contributed by atoms with van der Waals surface area (Å²) in [6, 6.07) is 6.69. The molecule has 3 rings (SSSR count). The van der Waals surface area contributed by atoms with Gasteiger partial charge in [0.25, 0.3) is 11.1 Å². The number of likely N-dealkylation sites (tertiary alicyclic amines) is 1. The number of aryl methyl sites for hydroxylation is 1. The molecule has 0 radical (unpaired) electrons. The largest absolute Gasteiger partial charge is 0.377 e. The second kappa shape index (κ2) is 7.65. The molecule has 1 aliphatic heterocycles. The van der Waals surface area contributed by atoms with Crippen molar-refractivity contribution in [2.45, 2.75) is 38.8 Å². The van der Waals surface area contributed by atoms with Crippen LogP contribution >= 0.6 is 0 Å². The zero-order valence-corrected chi connectivity index (χ0v) is 14.4. The van der Waals surface area contributed by atoms with Crippen LogP contribution < -0.4 is 11.1 Å². The monoisotopic (exact) mass is 345 g/mol. The second-order valence-corrected chi connectivity index (χ2v) is 6.25. The number of benzene rings is 1. The van der Waals surface area contributed by atoms with Gasteiger partial charge in [0, 0.05) is 26.1 Å². The maximum atomic E-state index is 12.5. The molecular formula is C18H23N3O4. The van der Waals surface area contributed by atoms with Crippen molar-refractivity contribution < 1.29 is 9.53 Å². The number of fused-ring (bicyclic) bond motifs is 1. The Morgan fingerprint density at radius 2 is 2.04 bits per heavy atom.